The predicted molar refractivity (Wildman–Crippen MR) is 106 cm³/mol. The second-order valence-electron chi connectivity index (χ2n) is 6.43. The van der Waals surface area contributed by atoms with Crippen LogP contribution in [0.5, 0.6) is 28.7 Å². The molecule has 2 atom stereocenters. The van der Waals surface area contributed by atoms with Gasteiger partial charge in [-0.3, -0.25) is 0 Å². The highest BCUT2D eigenvalue weighted by molar-refractivity contribution is 5.62. The van der Waals surface area contributed by atoms with Crippen LogP contribution >= 0.6 is 0 Å². The molecule has 5 heteroatoms. The highest BCUT2D eigenvalue weighted by atomic mass is 16.5. The Kier molecular flexibility index (Phi) is 5.49. The molecular formula is C22H26O5. The Morgan fingerprint density at radius 2 is 1.48 bits per heavy atom. The van der Waals surface area contributed by atoms with Crippen molar-refractivity contribution in [3.05, 3.63) is 47.0 Å². The van der Waals surface area contributed by atoms with E-state index in [4.69, 9.17) is 23.7 Å². The minimum atomic E-state index is -0.177. The number of ether oxygens (including phenoxy) is 5. The molecule has 2 aromatic rings. The second-order valence-corrected chi connectivity index (χ2v) is 6.43. The van der Waals surface area contributed by atoms with Crippen LogP contribution in [0.1, 0.15) is 42.6 Å². The Morgan fingerprint density at radius 1 is 0.852 bits per heavy atom. The van der Waals surface area contributed by atoms with E-state index in [9.17, 15) is 0 Å². The van der Waals surface area contributed by atoms with Gasteiger partial charge < -0.3 is 23.7 Å². The molecule has 0 bridgehead atoms. The molecule has 1 heterocycles. The lowest BCUT2D eigenvalue weighted by Crippen LogP contribution is -2.08. The van der Waals surface area contributed by atoms with Crippen molar-refractivity contribution >= 4 is 6.08 Å². The molecule has 0 unspecified atom stereocenters. The quantitative estimate of drug-likeness (QED) is 0.717. The summed E-state index contributed by atoms with van der Waals surface area (Å²) in [5.74, 6) is 3.46. The fraction of sp³-hybridized carbons (Fsp3) is 0.364. The largest absolute Gasteiger partial charge is 0.493 e. The Hall–Kier alpha value is -2.82. The number of benzene rings is 2. The van der Waals surface area contributed by atoms with E-state index in [1.807, 2.05) is 31.2 Å². The number of rotatable bonds is 6. The van der Waals surface area contributed by atoms with Gasteiger partial charge in [-0.05, 0) is 36.8 Å². The third-order valence-corrected chi connectivity index (χ3v) is 4.89. The van der Waals surface area contributed by atoms with Crippen LogP contribution in [0.15, 0.2) is 30.3 Å². The molecule has 1 aliphatic rings. The molecule has 0 N–H and O–H groups in total. The zero-order valence-corrected chi connectivity index (χ0v) is 16.7. The number of fused-ring (bicyclic) bond motifs is 1. The molecule has 0 saturated heterocycles. The number of hydrogen-bond acceptors (Lipinski definition) is 5. The highest BCUT2D eigenvalue weighted by Crippen LogP contribution is 2.52. The summed E-state index contributed by atoms with van der Waals surface area (Å²) in [6.45, 7) is 4.15. The Bertz CT molecular complexity index is 831. The van der Waals surface area contributed by atoms with Crippen LogP contribution in [0.25, 0.3) is 6.08 Å². The first-order chi connectivity index (χ1) is 13.1. The first kappa shape index (κ1) is 19.0. The van der Waals surface area contributed by atoms with Gasteiger partial charge in [0.25, 0.3) is 0 Å². The summed E-state index contributed by atoms with van der Waals surface area (Å²) in [6, 6.07) is 8.02. The van der Waals surface area contributed by atoms with Crippen LogP contribution < -0.4 is 23.7 Å². The smallest absolute Gasteiger partial charge is 0.203 e. The number of methoxy groups -OCH3 is 4. The Morgan fingerprint density at radius 3 is 2.00 bits per heavy atom. The minimum absolute atomic E-state index is 0.141. The molecular weight excluding hydrogens is 344 g/mol. The van der Waals surface area contributed by atoms with E-state index in [0.717, 1.165) is 28.2 Å². The molecule has 27 heavy (non-hydrogen) atoms. The molecule has 0 spiro atoms. The van der Waals surface area contributed by atoms with E-state index in [0.29, 0.717) is 17.2 Å². The van der Waals surface area contributed by atoms with Crippen LogP contribution in [-0.2, 0) is 0 Å². The van der Waals surface area contributed by atoms with Crippen molar-refractivity contribution in [3.8, 4) is 28.7 Å². The molecule has 3 rings (SSSR count). The van der Waals surface area contributed by atoms with Crippen molar-refractivity contribution in [2.45, 2.75) is 25.9 Å². The second kappa shape index (κ2) is 7.82. The summed E-state index contributed by atoms with van der Waals surface area (Å²) in [5.41, 5.74) is 3.18. The van der Waals surface area contributed by atoms with Crippen LogP contribution in [-0.4, -0.2) is 28.4 Å². The van der Waals surface area contributed by atoms with Gasteiger partial charge in [0.15, 0.2) is 23.0 Å². The maximum absolute atomic E-state index is 6.33. The molecule has 2 aromatic carbocycles. The summed E-state index contributed by atoms with van der Waals surface area (Å²) < 4.78 is 28.3. The van der Waals surface area contributed by atoms with E-state index >= 15 is 0 Å². The SMILES string of the molecule is CC=Cc1cc(OC)c2c(c1)[C@@H](C)[C@H](c1cc(OC)c(OC)c(OC)c1)O2. The number of allylic oxidation sites excluding steroid dienone is 1. The summed E-state index contributed by atoms with van der Waals surface area (Å²) in [5, 5.41) is 0. The van der Waals surface area contributed by atoms with Gasteiger partial charge in [-0.25, -0.2) is 0 Å². The fourth-order valence-electron chi connectivity index (χ4n) is 3.57. The molecule has 0 saturated carbocycles. The highest BCUT2D eigenvalue weighted by Gasteiger charge is 2.36. The normalized spacial score (nSPS) is 18.1. The summed E-state index contributed by atoms with van der Waals surface area (Å²) >= 11 is 0. The predicted octanol–water partition coefficient (Wildman–Crippen LogP) is 4.99. The molecule has 5 nitrogen and oxygen atoms in total. The van der Waals surface area contributed by atoms with E-state index in [1.165, 1.54) is 0 Å². The van der Waals surface area contributed by atoms with Crippen LogP contribution in [0, 0.1) is 0 Å². The monoisotopic (exact) mass is 370 g/mol. The maximum atomic E-state index is 6.33. The minimum Gasteiger partial charge on any atom is -0.493 e. The van der Waals surface area contributed by atoms with E-state index in [-0.39, 0.29) is 12.0 Å². The lowest BCUT2D eigenvalue weighted by molar-refractivity contribution is 0.207. The van der Waals surface area contributed by atoms with Crippen molar-refractivity contribution in [1.82, 2.24) is 0 Å². The first-order valence-electron chi connectivity index (χ1n) is 8.89. The number of hydrogen-bond donors (Lipinski definition) is 0. The van der Waals surface area contributed by atoms with Crippen molar-refractivity contribution in [1.29, 1.82) is 0 Å². The molecule has 0 aromatic heterocycles. The zero-order valence-electron chi connectivity index (χ0n) is 16.7. The van der Waals surface area contributed by atoms with Gasteiger partial charge in [0.2, 0.25) is 5.75 Å². The zero-order chi connectivity index (χ0) is 19.6. The molecule has 0 radical (unpaired) electrons. The summed E-state index contributed by atoms with van der Waals surface area (Å²) in [6.07, 6.45) is 3.89. The Labute approximate surface area is 160 Å². The average molecular weight is 370 g/mol. The van der Waals surface area contributed by atoms with Gasteiger partial charge in [-0.2, -0.15) is 0 Å². The summed E-state index contributed by atoms with van der Waals surface area (Å²) in [7, 11) is 6.48. The van der Waals surface area contributed by atoms with Gasteiger partial charge >= 0.3 is 0 Å². The van der Waals surface area contributed by atoms with Gasteiger partial charge in [-0.1, -0.05) is 19.1 Å². The van der Waals surface area contributed by atoms with E-state index < -0.39 is 0 Å². The maximum Gasteiger partial charge on any atom is 0.203 e. The van der Waals surface area contributed by atoms with Gasteiger partial charge in [0.1, 0.15) is 6.10 Å². The van der Waals surface area contributed by atoms with Gasteiger partial charge in [0, 0.05) is 17.0 Å². The molecule has 0 fully saturated rings. The van der Waals surface area contributed by atoms with Crippen molar-refractivity contribution in [2.24, 2.45) is 0 Å². The molecule has 0 amide bonds. The topological polar surface area (TPSA) is 46.2 Å². The summed E-state index contributed by atoms with van der Waals surface area (Å²) in [4.78, 5) is 0. The molecule has 1 aliphatic heterocycles. The van der Waals surface area contributed by atoms with Crippen molar-refractivity contribution in [2.75, 3.05) is 28.4 Å². The molecule has 0 aliphatic carbocycles. The fourth-order valence-corrected chi connectivity index (χ4v) is 3.57. The third kappa shape index (κ3) is 3.29. The van der Waals surface area contributed by atoms with Crippen LogP contribution in [0.2, 0.25) is 0 Å². The standard InChI is InChI=1S/C22H26O5/c1-7-8-14-9-16-13(2)20(27-21(16)17(10-14)23-3)15-11-18(24-4)22(26-6)19(12-15)25-5/h7-13,20H,1-6H3/t13-,20-/m1/s1. The first-order valence-corrected chi connectivity index (χ1v) is 8.89. The van der Waals surface area contributed by atoms with Crippen LogP contribution in [0.3, 0.4) is 0 Å². The van der Waals surface area contributed by atoms with Crippen LogP contribution in [0.4, 0.5) is 0 Å². The van der Waals surface area contributed by atoms with E-state index in [2.05, 4.69) is 19.1 Å². The lowest BCUT2D eigenvalue weighted by atomic mass is 9.91. The molecule has 144 valence electrons. The van der Waals surface area contributed by atoms with Crippen molar-refractivity contribution in [3.63, 3.8) is 0 Å². The van der Waals surface area contributed by atoms with Gasteiger partial charge in [-0.15, -0.1) is 0 Å². The van der Waals surface area contributed by atoms with Gasteiger partial charge in [0.05, 0.1) is 28.4 Å². The van der Waals surface area contributed by atoms with Crippen molar-refractivity contribution < 1.29 is 23.7 Å². The average Bonchev–Trinajstić information content (AvgIpc) is 3.03. The third-order valence-electron chi connectivity index (χ3n) is 4.89. The van der Waals surface area contributed by atoms with E-state index in [1.54, 1.807) is 28.4 Å². The lowest BCUT2D eigenvalue weighted by Gasteiger charge is -2.20. The Balaban J connectivity index is 2.07.